The zero-order chi connectivity index (χ0) is 13.2. The van der Waals surface area contributed by atoms with Crippen LogP contribution in [-0.4, -0.2) is 30.6 Å². The molecular weight excluding hydrogens is 220 g/mol. The predicted octanol–water partition coefficient (Wildman–Crippen LogP) is 3.02. The van der Waals surface area contributed by atoms with Gasteiger partial charge in [0.2, 0.25) is 0 Å². The molecule has 0 saturated carbocycles. The summed E-state index contributed by atoms with van der Waals surface area (Å²) in [6.45, 7) is 5.90. The van der Waals surface area contributed by atoms with Crippen LogP contribution in [0.4, 0.5) is 0 Å². The number of likely N-dealkylation sites (tertiary alicyclic amines) is 1. The Labute approximate surface area is 113 Å². The average Bonchev–Trinajstić information content (AvgIpc) is 2.39. The van der Waals surface area contributed by atoms with Gasteiger partial charge in [0.05, 0.1) is 0 Å². The molecule has 1 rings (SSSR count). The van der Waals surface area contributed by atoms with Gasteiger partial charge in [-0.2, -0.15) is 0 Å². The fourth-order valence-electron chi connectivity index (χ4n) is 2.81. The van der Waals surface area contributed by atoms with E-state index in [9.17, 15) is 0 Å². The molecule has 0 aromatic rings. The van der Waals surface area contributed by atoms with Gasteiger partial charge < -0.3 is 10.6 Å². The summed E-state index contributed by atoms with van der Waals surface area (Å²) in [7, 11) is 0. The molecule has 0 spiro atoms. The van der Waals surface area contributed by atoms with E-state index in [4.69, 9.17) is 12.2 Å². The van der Waals surface area contributed by atoms with E-state index in [2.05, 4.69) is 17.7 Å². The number of nitrogens with two attached hydrogens (primary N) is 1. The second-order valence-corrected chi connectivity index (χ2v) is 5.72. The van der Waals surface area contributed by atoms with Crippen molar-refractivity contribution >= 4 is 0 Å². The molecule has 2 nitrogen and oxygen atoms in total. The number of rotatable bonds is 8. The second-order valence-electron chi connectivity index (χ2n) is 5.72. The zero-order valence-corrected chi connectivity index (χ0v) is 12.0. The van der Waals surface area contributed by atoms with Crippen LogP contribution in [0.2, 0.25) is 0 Å². The number of nitrogens with zero attached hydrogens (tertiary/aromatic N) is 1. The maximum Gasteiger partial charge on any atom is 0.0167 e. The normalized spacial score (nSPS) is 19.6. The van der Waals surface area contributed by atoms with Crippen LogP contribution in [0.1, 0.15) is 58.3 Å². The van der Waals surface area contributed by atoms with Crippen molar-refractivity contribution in [2.45, 2.75) is 64.3 Å². The summed E-state index contributed by atoms with van der Waals surface area (Å²) < 4.78 is 0. The molecule has 1 unspecified atom stereocenters. The summed E-state index contributed by atoms with van der Waals surface area (Å²) in [5.74, 6) is 3.65. The summed E-state index contributed by atoms with van der Waals surface area (Å²) in [5, 5.41) is 0. The van der Waals surface area contributed by atoms with Crippen LogP contribution in [0, 0.1) is 18.3 Å². The van der Waals surface area contributed by atoms with Crippen LogP contribution in [0.5, 0.6) is 0 Å². The second kappa shape index (κ2) is 9.42. The van der Waals surface area contributed by atoms with Gasteiger partial charge in [-0.25, -0.2) is 0 Å². The number of unbranched alkanes of at least 4 members (excludes halogenated alkanes) is 3. The molecule has 2 heteroatoms. The summed E-state index contributed by atoms with van der Waals surface area (Å²) in [4.78, 5) is 2.55. The lowest BCUT2D eigenvalue weighted by atomic mass is 9.94. The SMILES string of the molecule is C#CCCCCCC(N)CN1CCC(CC)CC1. The predicted molar refractivity (Wildman–Crippen MR) is 79.3 cm³/mol. The minimum Gasteiger partial charge on any atom is -0.327 e. The highest BCUT2D eigenvalue weighted by atomic mass is 15.1. The number of hydrogen-bond donors (Lipinski definition) is 1. The number of hydrogen-bond acceptors (Lipinski definition) is 2. The maximum atomic E-state index is 6.20. The van der Waals surface area contributed by atoms with Crippen molar-refractivity contribution in [1.82, 2.24) is 4.90 Å². The van der Waals surface area contributed by atoms with Crippen LogP contribution in [0.15, 0.2) is 0 Å². The molecule has 18 heavy (non-hydrogen) atoms. The Hall–Kier alpha value is -0.520. The van der Waals surface area contributed by atoms with Crippen molar-refractivity contribution < 1.29 is 0 Å². The molecule has 1 aliphatic rings. The van der Waals surface area contributed by atoms with Crippen LogP contribution in [-0.2, 0) is 0 Å². The standard InChI is InChI=1S/C16H30N2/c1-3-5-6-7-8-9-16(17)14-18-12-10-15(4-2)11-13-18/h1,15-16H,4-14,17H2,2H3. The van der Waals surface area contributed by atoms with Gasteiger partial charge in [-0.3, -0.25) is 0 Å². The highest BCUT2D eigenvalue weighted by Gasteiger charge is 2.18. The van der Waals surface area contributed by atoms with Gasteiger partial charge in [-0.15, -0.1) is 12.3 Å². The lowest BCUT2D eigenvalue weighted by Gasteiger charge is -2.33. The topological polar surface area (TPSA) is 29.3 Å². The first-order chi connectivity index (χ1) is 8.76. The highest BCUT2D eigenvalue weighted by Crippen LogP contribution is 2.20. The average molecular weight is 250 g/mol. The first-order valence-electron chi connectivity index (χ1n) is 7.67. The quantitative estimate of drug-likeness (QED) is 0.530. The Morgan fingerprint density at radius 3 is 2.61 bits per heavy atom. The first kappa shape index (κ1) is 15.5. The number of piperidine rings is 1. The molecule has 0 bridgehead atoms. The van der Waals surface area contributed by atoms with Gasteiger partial charge in [0.15, 0.2) is 0 Å². The molecule has 0 aliphatic carbocycles. The molecule has 1 atom stereocenters. The van der Waals surface area contributed by atoms with E-state index in [1.165, 1.54) is 45.2 Å². The number of terminal acetylenes is 1. The molecule has 1 aliphatic heterocycles. The van der Waals surface area contributed by atoms with E-state index in [1.807, 2.05) is 0 Å². The Morgan fingerprint density at radius 2 is 2.00 bits per heavy atom. The van der Waals surface area contributed by atoms with Gasteiger partial charge in [0, 0.05) is 19.0 Å². The Kier molecular flexibility index (Phi) is 8.13. The third-order valence-electron chi connectivity index (χ3n) is 4.17. The van der Waals surface area contributed by atoms with Crippen LogP contribution in [0.25, 0.3) is 0 Å². The summed E-state index contributed by atoms with van der Waals surface area (Å²) in [5.41, 5.74) is 6.20. The fourth-order valence-corrected chi connectivity index (χ4v) is 2.81. The molecule has 104 valence electrons. The third kappa shape index (κ3) is 6.42. The third-order valence-corrected chi connectivity index (χ3v) is 4.17. The Bertz CT molecular complexity index is 236. The monoisotopic (exact) mass is 250 g/mol. The van der Waals surface area contributed by atoms with E-state index in [1.54, 1.807) is 0 Å². The van der Waals surface area contributed by atoms with Crippen molar-refractivity contribution in [3.05, 3.63) is 0 Å². The van der Waals surface area contributed by atoms with Gasteiger partial charge in [-0.1, -0.05) is 26.2 Å². The Morgan fingerprint density at radius 1 is 1.28 bits per heavy atom. The van der Waals surface area contributed by atoms with Crippen molar-refractivity contribution in [1.29, 1.82) is 0 Å². The highest BCUT2D eigenvalue weighted by molar-refractivity contribution is 4.83. The van der Waals surface area contributed by atoms with Crippen molar-refractivity contribution in [2.75, 3.05) is 19.6 Å². The minimum atomic E-state index is 0.356. The lowest BCUT2D eigenvalue weighted by molar-refractivity contribution is 0.171. The summed E-state index contributed by atoms with van der Waals surface area (Å²) in [6.07, 6.45) is 15.0. The Balaban J connectivity index is 2.02. The molecular formula is C16H30N2. The zero-order valence-electron chi connectivity index (χ0n) is 12.0. The van der Waals surface area contributed by atoms with E-state index in [0.717, 1.165) is 31.7 Å². The lowest BCUT2D eigenvalue weighted by Crippen LogP contribution is -2.41. The molecule has 0 amide bonds. The fraction of sp³-hybridized carbons (Fsp3) is 0.875. The molecule has 0 aromatic heterocycles. The van der Waals surface area contributed by atoms with Crippen molar-refractivity contribution in [3.8, 4) is 12.3 Å². The molecule has 1 fully saturated rings. The van der Waals surface area contributed by atoms with E-state index in [0.29, 0.717) is 6.04 Å². The van der Waals surface area contributed by atoms with Gasteiger partial charge >= 0.3 is 0 Å². The largest absolute Gasteiger partial charge is 0.327 e. The van der Waals surface area contributed by atoms with Crippen molar-refractivity contribution in [2.24, 2.45) is 11.7 Å². The van der Waals surface area contributed by atoms with Gasteiger partial charge in [0.1, 0.15) is 0 Å². The first-order valence-corrected chi connectivity index (χ1v) is 7.67. The maximum absolute atomic E-state index is 6.20. The van der Waals surface area contributed by atoms with E-state index >= 15 is 0 Å². The van der Waals surface area contributed by atoms with Crippen LogP contribution < -0.4 is 5.73 Å². The van der Waals surface area contributed by atoms with Gasteiger partial charge in [0.25, 0.3) is 0 Å². The molecule has 1 saturated heterocycles. The molecule has 0 radical (unpaired) electrons. The smallest absolute Gasteiger partial charge is 0.0167 e. The summed E-state index contributed by atoms with van der Waals surface area (Å²) in [6, 6.07) is 0.356. The van der Waals surface area contributed by atoms with Crippen molar-refractivity contribution in [3.63, 3.8) is 0 Å². The van der Waals surface area contributed by atoms with Crippen LogP contribution >= 0.6 is 0 Å². The molecule has 0 aromatic carbocycles. The summed E-state index contributed by atoms with van der Waals surface area (Å²) >= 11 is 0. The minimum absolute atomic E-state index is 0.356. The molecule has 2 N–H and O–H groups in total. The van der Waals surface area contributed by atoms with E-state index in [-0.39, 0.29) is 0 Å². The van der Waals surface area contributed by atoms with Crippen LogP contribution in [0.3, 0.4) is 0 Å². The van der Waals surface area contributed by atoms with E-state index < -0.39 is 0 Å². The molecule has 1 heterocycles. The van der Waals surface area contributed by atoms with Gasteiger partial charge in [-0.05, 0) is 44.7 Å².